The highest BCUT2D eigenvalue weighted by Gasteiger charge is 2.07. The highest BCUT2D eigenvalue weighted by atomic mass is 16.4. The molecule has 0 bridgehead atoms. The lowest BCUT2D eigenvalue weighted by Gasteiger charge is -2.13. The van der Waals surface area contributed by atoms with Gasteiger partial charge in [0.05, 0.1) is 11.9 Å². The van der Waals surface area contributed by atoms with E-state index in [1.807, 2.05) is 0 Å². The molecule has 0 aliphatic carbocycles. The summed E-state index contributed by atoms with van der Waals surface area (Å²) < 4.78 is 0. The summed E-state index contributed by atoms with van der Waals surface area (Å²) in [5.74, 6) is -2.44. The predicted molar refractivity (Wildman–Crippen MR) is 70.0 cm³/mol. The number of benzene rings is 2. The second-order valence-electron chi connectivity index (χ2n) is 4.63. The SMILES string of the molecule is Cc1cc(C(=O)[O-])ccc1-c1ccc(C(=O)[O-])cc1C. The second-order valence-corrected chi connectivity index (χ2v) is 4.63. The van der Waals surface area contributed by atoms with Crippen molar-refractivity contribution in [1.82, 2.24) is 0 Å². The van der Waals surface area contributed by atoms with E-state index < -0.39 is 11.9 Å². The third-order valence-electron chi connectivity index (χ3n) is 3.21. The van der Waals surface area contributed by atoms with Crippen molar-refractivity contribution in [3.05, 3.63) is 58.7 Å². The van der Waals surface area contributed by atoms with Gasteiger partial charge >= 0.3 is 0 Å². The molecule has 0 aromatic heterocycles. The molecular weight excluding hydrogens is 256 g/mol. The largest absolute Gasteiger partial charge is 0.545 e. The Morgan fingerprint density at radius 3 is 1.35 bits per heavy atom. The molecule has 102 valence electrons. The fraction of sp³-hybridized carbons (Fsp3) is 0.125. The van der Waals surface area contributed by atoms with Crippen LogP contribution < -0.4 is 10.2 Å². The molecule has 0 radical (unpaired) electrons. The van der Waals surface area contributed by atoms with Crippen LogP contribution in [0.2, 0.25) is 0 Å². The molecule has 0 aliphatic heterocycles. The fourth-order valence-electron chi connectivity index (χ4n) is 2.19. The molecule has 20 heavy (non-hydrogen) atoms. The first-order chi connectivity index (χ1) is 9.40. The van der Waals surface area contributed by atoms with Gasteiger partial charge in [0.1, 0.15) is 0 Å². The quantitative estimate of drug-likeness (QED) is 0.820. The number of carboxylic acids is 2. The minimum Gasteiger partial charge on any atom is -0.545 e. The van der Waals surface area contributed by atoms with Crippen LogP contribution in [-0.2, 0) is 0 Å². The number of hydrogen-bond donors (Lipinski definition) is 0. The van der Waals surface area contributed by atoms with Crippen LogP contribution in [-0.4, -0.2) is 11.9 Å². The van der Waals surface area contributed by atoms with E-state index >= 15 is 0 Å². The minimum atomic E-state index is -1.22. The van der Waals surface area contributed by atoms with Crippen molar-refractivity contribution in [2.45, 2.75) is 13.8 Å². The van der Waals surface area contributed by atoms with E-state index in [9.17, 15) is 19.8 Å². The fourth-order valence-corrected chi connectivity index (χ4v) is 2.19. The van der Waals surface area contributed by atoms with Gasteiger partial charge in [-0.3, -0.25) is 0 Å². The van der Waals surface area contributed by atoms with E-state index in [1.165, 1.54) is 24.3 Å². The molecule has 0 saturated carbocycles. The molecule has 4 heteroatoms. The normalized spacial score (nSPS) is 10.3. The zero-order valence-corrected chi connectivity index (χ0v) is 11.1. The van der Waals surface area contributed by atoms with E-state index in [4.69, 9.17) is 0 Å². The van der Waals surface area contributed by atoms with Gasteiger partial charge in [0.15, 0.2) is 0 Å². The summed E-state index contributed by atoms with van der Waals surface area (Å²) in [4.78, 5) is 21.6. The van der Waals surface area contributed by atoms with Crippen molar-refractivity contribution in [1.29, 1.82) is 0 Å². The van der Waals surface area contributed by atoms with Crippen molar-refractivity contribution < 1.29 is 19.8 Å². The van der Waals surface area contributed by atoms with Gasteiger partial charge in [-0.2, -0.15) is 0 Å². The molecule has 2 aromatic rings. The van der Waals surface area contributed by atoms with Crippen molar-refractivity contribution >= 4 is 11.9 Å². The van der Waals surface area contributed by atoms with Crippen LogP contribution in [0.4, 0.5) is 0 Å². The first-order valence-electron chi connectivity index (χ1n) is 6.04. The lowest BCUT2D eigenvalue weighted by molar-refractivity contribution is -0.256. The number of aryl methyl sites for hydroxylation is 2. The van der Waals surface area contributed by atoms with Crippen molar-refractivity contribution in [3.8, 4) is 11.1 Å². The van der Waals surface area contributed by atoms with Crippen LogP contribution in [0.25, 0.3) is 11.1 Å². The first-order valence-corrected chi connectivity index (χ1v) is 6.04. The first kappa shape index (κ1) is 13.8. The summed E-state index contributed by atoms with van der Waals surface area (Å²) in [6.45, 7) is 3.60. The number of carbonyl (C=O) groups is 2. The zero-order valence-electron chi connectivity index (χ0n) is 11.1. The van der Waals surface area contributed by atoms with Gasteiger partial charge in [0.2, 0.25) is 0 Å². The van der Waals surface area contributed by atoms with Gasteiger partial charge in [-0.05, 0) is 59.4 Å². The smallest absolute Gasteiger partial charge is 0.0715 e. The maximum absolute atomic E-state index is 10.8. The summed E-state index contributed by atoms with van der Waals surface area (Å²) in [5, 5.41) is 21.6. The molecule has 2 aromatic carbocycles. The summed E-state index contributed by atoms with van der Waals surface area (Å²) >= 11 is 0. The van der Waals surface area contributed by atoms with Gasteiger partial charge in [0, 0.05) is 0 Å². The van der Waals surface area contributed by atoms with Crippen molar-refractivity contribution in [3.63, 3.8) is 0 Å². The lowest BCUT2D eigenvalue weighted by atomic mass is 9.94. The highest BCUT2D eigenvalue weighted by molar-refractivity contribution is 5.89. The minimum absolute atomic E-state index is 0.121. The Labute approximate surface area is 116 Å². The van der Waals surface area contributed by atoms with Crippen LogP contribution in [0.5, 0.6) is 0 Å². The predicted octanol–water partition coefficient (Wildman–Crippen LogP) is 0.697. The van der Waals surface area contributed by atoms with Gasteiger partial charge < -0.3 is 19.8 Å². The molecule has 2 rings (SSSR count). The summed E-state index contributed by atoms with van der Waals surface area (Å²) in [6, 6.07) is 9.42. The molecule has 0 unspecified atom stereocenters. The molecule has 0 heterocycles. The monoisotopic (exact) mass is 268 g/mol. The Bertz CT molecular complexity index is 640. The number of carbonyl (C=O) groups excluding carboxylic acids is 2. The van der Waals surface area contributed by atoms with Gasteiger partial charge in [-0.1, -0.05) is 24.3 Å². The molecule has 0 atom stereocenters. The molecule has 0 N–H and O–H groups in total. The van der Waals surface area contributed by atoms with Crippen LogP contribution >= 0.6 is 0 Å². The molecular formula is C16H12O4-2. The number of hydrogen-bond acceptors (Lipinski definition) is 4. The van der Waals surface area contributed by atoms with Crippen molar-refractivity contribution in [2.75, 3.05) is 0 Å². The Balaban J connectivity index is 2.52. The molecule has 4 nitrogen and oxygen atoms in total. The number of aromatic carboxylic acids is 2. The summed E-state index contributed by atoms with van der Waals surface area (Å²) in [6.07, 6.45) is 0. The summed E-state index contributed by atoms with van der Waals surface area (Å²) in [5.41, 5.74) is 3.53. The number of rotatable bonds is 3. The molecule has 0 spiro atoms. The molecule has 0 fully saturated rings. The highest BCUT2D eigenvalue weighted by Crippen LogP contribution is 2.28. The summed E-state index contributed by atoms with van der Waals surface area (Å²) in [7, 11) is 0. The van der Waals surface area contributed by atoms with Crippen LogP contribution in [0.15, 0.2) is 36.4 Å². The van der Waals surface area contributed by atoms with Crippen LogP contribution in [0.1, 0.15) is 31.8 Å². The maximum Gasteiger partial charge on any atom is 0.0715 e. The molecule has 0 amide bonds. The van der Waals surface area contributed by atoms with Crippen LogP contribution in [0.3, 0.4) is 0 Å². The van der Waals surface area contributed by atoms with Gasteiger partial charge in [-0.15, -0.1) is 0 Å². The molecule has 0 saturated heterocycles. The maximum atomic E-state index is 10.8. The van der Waals surface area contributed by atoms with Crippen LogP contribution in [0, 0.1) is 13.8 Å². The Morgan fingerprint density at radius 1 is 0.750 bits per heavy atom. The van der Waals surface area contributed by atoms with E-state index in [-0.39, 0.29) is 11.1 Å². The van der Waals surface area contributed by atoms with E-state index in [1.54, 1.807) is 26.0 Å². The average molecular weight is 268 g/mol. The third kappa shape index (κ3) is 2.54. The second kappa shape index (κ2) is 5.17. The Kier molecular flexibility index (Phi) is 3.57. The Hall–Kier alpha value is -2.62. The van der Waals surface area contributed by atoms with Crippen molar-refractivity contribution in [2.24, 2.45) is 0 Å². The van der Waals surface area contributed by atoms with E-state index in [0.717, 1.165) is 22.3 Å². The average Bonchev–Trinajstić information content (AvgIpc) is 2.38. The van der Waals surface area contributed by atoms with Gasteiger partial charge in [-0.25, -0.2) is 0 Å². The number of carboxylic acid groups (broad SMARTS) is 2. The standard InChI is InChI=1S/C16H14O4/c1-9-7-11(15(17)18)3-5-13(9)14-6-4-12(16(19)20)8-10(14)2/h3-8H,1-2H3,(H,17,18)(H,19,20)/p-2. The molecule has 0 aliphatic rings. The Morgan fingerprint density at radius 2 is 1.10 bits per heavy atom. The van der Waals surface area contributed by atoms with E-state index in [2.05, 4.69) is 0 Å². The lowest BCUT2D eigenvalue weighted by Crippen LogP contribution is -2.22. The van der Waals surface area contributed by atoms with E-state index in [0.29, 0.717) is 0 Å². The van der Waals surface area contributed by atoms with Gasteiger partial charge in [0.25, 0.3) is 0 Å². The topological polar surface area (TPSA) is 80.3 Å². The zero-order chi connectivity index (χ0) is 14.9. The third-order valence-corrected chi connectivity index (χ3v) is 3.21.